The van der Waals surface area contributed by atoms with E-state index in [-0.39, 0.29) is 0 Å². The van der Waals surface area contributed by atoms with Crippen molar-refractivity contribution in [1.82, 2.24) is 20.1 Å². The van der Waals surface area contributed by atoms with E-state index in [0.29, 0.717) is 6.04 Å². The first-order valence-electron chi connectivity index (χ1n) is 9.12. The van der Waals surface area contributed by atoms with Gasteiger partial charge in [-0.2, -0.15) is 0 Å². The first kappa shape index (κ1) is 17.3. The Labute approximate surface area is 145 Å². The summed E-state index contributed by atoms with van der Waals surface area (Å²) in [5.41, 5.74) is 1.26. The molecule has 0 saturated carbocycles. The van der Waals surface area contributed by atoms with Gasteiger partial charge in [0, 0.05) is 58.3 Å². The maximum Gasteiger partial charge on any atom is 0.191 e. The van der Waals surface area contributed by atoms with Gasteiger partial charge in [-0.15, -0.1) is 0 Å². The molecule has 24 heavy (non-hydrogen) atoms. The van der Waals surface area contributed by atoms with Crippen LogP contribution in [0.25, 0.3) is 0 Å². The van der Waals surface area contributed by atoms with Gasteiger partial charge in [-0.25, -0.2) is 0 Å². The molecule has 1 aromatic heterocycles. The van der Waals surface area contributed by atoms with E-state index in [4.69, 9.17) is 4.74 Å². The molecule has 0 radical (unpaired) electrons. The van der Waals surface area contributed by atoms with Crippen molar-refractivity contribution in [2.24, 2.45) is 18.0 Å². The summed E-state index contributed by atoms with van der Waals surface area (Å²) < 4.78 is 7.62. The summed E-state index contributed by atoms with van der Waals surface area (Å²) in [4.78, 5) is 6.96. The number of aliphatic imine (C=N–C) groups is 1. The van der Waals surface area contributed by atoms with Crippen molar-refractivity contribution >= 4 is 5.96 Å². The molecule has 0 bridgehead atoms. The minimum Gasteiger partial charge on any atom is -0.381 e. The van der Waals surface area contributed by atoms with Crippen molar-refractivity contribution < 1.29 is 4.74 Å². The van der Waals surface area contributed by atoms with Gasteiger partial charge in [-0.3, -0.25) is 4.99 Å². The maximum absolute atomic E-state index is 5.49. The van der Waals surface area contributed by atoms with Crippen LogP contribution < -0.4 is 10.6 Å². The summed E-state index contributed by atoms with van der Waals surface area (Å²) in [6.45, 7) is 6.24. The lowest BCUT2D eigenvalue weighted by atomic mass is 10.0. The average molecular weight is 333 g/mol. The molecule has 2 aliphatic rings. The Morgan fingerprint density at radius 2 is 2.17 bits per heavy atom. The summed E-state index contributed by atoms with van der Waals surface area (Å²) in [7, 11) is 3.91. The third-order valence-electron chi connectivity index (χ3n) is 5.18. The third kappa shape index (κ3) is 4.74. The molecule has 2 aliphatic heterocycles. The summed E-state index contributed by atoms with van der Waals surface area (Å²) in [6.07, 6.45) is 5.66. The molecule has 0 spiro atoms. The average Bonchev–Trinajstić information content (AvgIpc) is 3.25. The lowest BCUT2D eigenvalue weighted by Gasteiger charge is -2.34. The number of hydrogen-bond donors (Lipinski definition) is 2. The van der Waals surface area contributed by atoms with E-state index in [1.165, 1.54) is 44.6 Å². The molecule has 2 N–H and O–H groups in total. The van der Waals surface area contributed by atoms with E-state index in [1.54, 1.807) is 0 Å². The molecular formula is C18H31N5O. The number of ether oxygens (including phenoxy) is 1. The summed E-state index contributed by atoms with van der Waals surface area (Å²) >= 11 is 0. The van der Waals surface area contributed by atoms with Crippen LogP contribution >= 0.6 is 0 Å². The number of nitrogens with zero attached hydrogens (tertiary/aromatic N) is 3. The van der Waals surface area contributed by atoms with Crippen LogP contribution in [0.2, 0.25) is 0 Å². The third-order valence-corrected chi connectivity index (χ3v) is 5.18. The largest absolute Gasteiger partial charge is 0.381 e. The van der Waals surface area contributed by atoms with Crippen LogP contribution in [0.1, 0.15) is 25.0 Å². The summed E-state index contributed by atoms with van der Waals surface area (Å²) in [5, 5.41) is 7.00. The fraction of sp³-hybridized carbons (Fsp3) is 0.722. The molecule has 134 valence electrons. The molecule has 3 rings (SSSR count). The Bertz CT molecular complexity index is 527. The van der Waals surface area contributed by atoms with Gasteiger partial charge >= 0.3 is 0 Å². The quantitative estimate of drug-likeness (QED) is 0.628. The monoisotopic (exact) mass is 333 g/mol. The highest BCUT2D eigenvalue weighted by atomic mass is 16.5. The number of nitrogens with one attached hydrogen (secondary N) is 2. The van der Waals surface area contributed by atoms with Gasteiger partial charge in [0.25, 0.3) is 0 Å². The van der Waals surface area contributed by atoms with Gasteiger partial charge < -0.3 is 24.8 Å². The Morgan fingerprint density at radius 1 is 1.33 bits per heavy atom. The first-order chi connectivity index (χ1) is 11.7. The molecule has 0 amide bonds. The van der Waals surface area contributed by atoms with Crippen LogP contribution in [0.4, 0.5) is 0 Å². The predicted molar refractivity (Wildman–Crippen MR) is 97.1 cm³/mol. The maximum atomic E-state index is 5.49. The summed E-state index contributed by atoms with van der Waals surface area (Å²) in [6, 6.07) is 4.71. The molecule has 0 aliphatic carbocycles. The molecule has 6 heteroatoms. The zero-order chi connectivity index (χ0) is 16.8. The van der Waals surface area contributed by atoms with Gasteiger partial charge in [0.05, 0.1) is 13.2 Å². The van der Waals surface area contributed by atoms with Crippen LogP contribution in [0.15, 0.2) is 23.3 Å². The number of guanidine groups is 1. The van der Waals surface area contributed by atoms with Crippen LogP contribution in [-0.2, 0) is 18.3 Å². The Hall–Kier alpha value is -1.53. The van der Waals surface area contributed by atoms with Crippen molar-refractivity contribution in [3.05, 3.63) is 24.0 Å². The second-order valence-electron chi connectivity index (χ2n) is 6.99. The highest BCUT2D eigenvalue weighted by molar-refractivity contribution is 5.79. The van der Waals surface area contributed by atoms with Crippen LogP contribution in [0.5, 0.6) is 0 Å². The van der Waals surface area contributed by atoms with Gasteiger partial charge in [-0.1, -0.05) is 0 Å². The zero-order valence-electron chi connectivity index (χ0n) is 15.0. The van der Waals surface area contributed by atoms with Crippen LogP contribution in [-0.4, -0.2) is 61.4 Å². The molecule has 1 atom stereocenters. The SMILES string of the molecule is CN=C(NCc1cccn1C)NC1CCN(CC2CCOC2)CC1. The molecule has 1 unspecified atom stereocenters. The lowest BCUT2D eigenvalue weighted by Crippen LogP contribution is -2.49. The normalized spacial score (nSPS) is 23.6. The van der Waals surface area contributed by atoms with Gasteiger partial charge in [0.1, 0.15) is 0 Å². The molecule has 3 heterocycles. The Morgan fingerprint density at radius 3 is 2.79 bits per heavy atom. The minimum atomic E-state index is 0.515. The molecule has 0 aromatic carbocycles. The van der Waals surface area contributed by atoms with Crippen LogP contribution in [0.3, 0.4) is 0 Å². The molecular weight excluding hydrogens is 302 g/mol. The fourth-order valence-corrected chi connectivity index (χ4v) is 3.59. The first-order valence-corrected chi connectivity index (χ1v) is 9.12. The second-order valence-corrected chi connectivity index (χ2v) is 6.99. The van der Waals surface area contributed by atoms with Crippen molar-refractivity contribution in [3.8, 4) is 0 Å². The predicted octanol–water partition coefficient (Wildman–Crippen LogP) is 1.19. The Balaban J connectivity index is 1.38. The fourth-order valence-electron chi connectivity index (χ4n) is 3.59. The van der Waals surface area contributed by atoms with E-state index in [0.717, 1.165) is 31.6 Å². The van der Waals surface area contributed by atoms with Crippen molar-refractivity contribution in [2.75, 3.05) is 39.9 Å². The number of hydrogen-bond acceptors (Lipinski definition) is 3. The van der Waals surface area contributed by atoms with E-state index < -0.39 is 0 Å². The molecule has 2 fully saturated rings. The van der Waals surface area contributed by atoms with Gasteiger partial charge in [0.2, 0.25) is 0 Å². The number of likely N-dealkylation sites (tertiary alicyclic amines) is 1. The highest BCUT2D eigenvalue weighted by Crippen LogP contribution is 2.17. The number of piperidine rings is 1. The number of aryl methyl sites for hydroxylation is 1. The Kier molecular flexibility index (Phi) is 6.15. The molecule has 1 aromatic rings. The number of aromatic nitrogens is 1. The van der Waals surface area contributed by atoms with E-state index in [9.17, 15) is 0 Å². The zero-order valence-corrected chi connectivity index (χ0v) is 15.0. The minimum absolute atomic E-state index is 0.515. The van der Waals surface area contributed by atoms with Gasteiger partial charge in [-0.05, 0) is 37.3 Å². The number of rotatable bonds is 5. The van der Waals surface area contributed by atoms with E-state index in [1.807, 2.05) is 7.05 Å². The standard InChI is InChI=1S/C18H31N5O/c1-19-18(20-12-17-4-3-8-22(17)2)21-16-5-9-23(10-6-16)13-15-7-11-24-14-15/h3-4,8,15-16H,5-7,9-14H2,1-2H3,(H2,19,20,21). The molecule has 6 nitrogen and oxygen atoms in total. The lowest BCUT2D eigenvalue weighted by molar-refractivity contribution is 0.150. The van der Waals surface area contributed by atoms with E-state index in [2.05, 4.69) is 50.5 Å². The molecule has 2 saturated heterocycles. The van der Waals surface area contributed by atoms with Gasteiger partial charge in [0.15, 0.2) is 5.96 Å². The van der Waals surface area contributed by atoms with Crippen LogP contribution in [0, 0.1) is 5.92 Å². The van der Waals surface area contributed by atoms with Crippen molar-refractivity contribution in [2.45, 2.75) is 31.8 Å². The van der Waals surface area contributed by atoms with Crippen molar-refractivity contribution in [1.29, 1.82) is 0 Å². The summed E-state index contributed by atoms with van der Waals surface area (Å²) in [5.74, 6) is 1.65. The van der Waals surface area contributed by atoms with Crippen molar-refractivity contribution in [3.63, 3.8) is 0 Å². The topological polar surface area (TPSA) is 53.8 Å². The smallest absolute Gasteiger partial charge is 0.191 e. The van der Waals surface area contributed by atoms with E-state index >= 15 is 0 Å². The second kappa shape index (κ2) is 8.53. The highest BCUT2D eigenvalue weighted by Gasteiger charge is 2.24.